The molecule has 0 aliphatic carbocycles. The average molecular weight is 153 g/mol. The Kier molecular flexibility index (Phi) is 2.31. The molecular weight excluding hydrogens is 142 g/mol. The average Bonchev–Trinajstić information content (AvgIpc) is 2.32. The SMILES string of the molecule is CCc1cc(/C=N/O)oc1C. The maximum atomic E-state index is 8.20. The van der Waals surface area contributed by atoms with Gasteiger partial charge in [0.1, 0.15) is 17.7 Å². The van der Waals surface area contributed by atoms with Crippen molar-refractivity contribution in [2.45, 2.75) is 20.3 Å². The molecule has 3 nitrogen and oxygen atoms in total. The van der Waals surface area contributed by atoms with Crippen LogP contribution in [0.5, 0.6) is 0 Å². The highest BCUT2D eigenvalue weighted by Gasteiger charge is 2.02. The van der Waals surface area contributed by atoms with E-state index >= 15 is 0 Å². The summed E-state index contributed by atoms with van der Waals surface area (Å²) in [6.45, 7) is 3.95. The van der Waals surface area contributed by atoms with Crippen LogP contribution in [0.15, 0.2) is 15.6 Å². The standard InChI is InChI=1S/C8H11NO2/c1-3-7-4-8(5-9-10)11-6(7)2/h4-5,10H,3H2,1-2H3/b9-5+. The first-order valence-electron chi connectivity index (χ1n) is 3.54. The summed E-state index contributed by atoms with van der Waals surface area (Å²) in [5.41, 5.74) is 1.15. The summed E-state index contributed by atoms with van der Waals surface area (Å²) in [6, 6.07) is 1.87. The molecule has 1 heterocycles. The van der Waals surface area contributed by atoms with Gasteiger partial charge in [0, 0.05) is 0 Å². The summed E-state index contributed by atoms with van der Waals surface area (Å²) in [5, 5.41) is 11.1. The molecule has 11 heavy (non-hydrogen) atoms. The van der Waals surface area contributed by atoms with Crippen LogP contribution < -0.4 is 0 Å². The number of rotatable bonds is 2. The normalized spacial score (nSPS) is 11.1. The van der Waals surface area contributed by atoms with E-state index in [1.165, 1.54) is 6.21 Å². The topological polar surface area (TPSA) is 45.7 Å². The van der Waals surface area contributed by atoms with E-state index in [0.717, 1.165) is 17.7 Å². The van der Waals surface area contributed by atoms with Crippen molar-refractivity contribution in [3.05, 3.63) is 23.2 Å². The van der Waals surface area contributed by atoms with Crippen LogP contribution in [0.4, 0.5) is 0 Å². The molecular formula is C8H11NO2. The van der Waals surface area contributed by atoms with Crippen LogP contribution in [-0.4, -0.2) is 11.4 Å². The molecule has 0 aliphatic rings. The van der Waals surface area contributed by atoms with Gasteiger partial charge in [-0.15, -0.1) is 0 Å². The zero-order valence-electron chi connectivity index (χ0n) is 6.66. The quantitative estimate of drug-likeness (QED) is 0.401. The number of oxime groups is 1. The van der Waals surface area contributed by atoms with Gasteiger partial charge < -0.3 is 9.62 Å². The summed E-state index contributed by atoms with van der Waals surface area (Å²) in [4.78, 5) is 0. The van der Waals surface area contributed by atoms with Crippen molar-refractivity contribution in [3.63, 3.8) is 0 Å². The third kappa shape index (κ3) is 1.61. The third-order valence-electron chi connectivity index (χ3n) is 1.61. The second kappa shape index (κ2) is 3.23. The van der Waals surface area contributed by atoms with Gasteiger partial charge >= 0.3 is 0 Å². The molecule has 0 unspecified atom stereocenters. The van der Waals surface area contributed by atoms with E-state index in [9.17, 15) is 0 Å². The smallest absolute Gasteiger partial charge is 0.148 e. The minimum atomic E-state index is 0.599. The molecule has 1 N–H and O–H groups in total. The Morgan fingerprint density at radius 2 is 2.45 bits per heavy atom. The highest BCUT2D eigenvalue weighted by Crippen LogP contribution is 2.13. The van der Waals surface area contributed by atoms with Gasteiger partial charge in [0.05, 0.1) is 0 Å². The van der Waals surface area contributed by atoms with Crippen LogP contribution in [0.2, 0.25) is 0 Å². The monoisotopic (exact) mass is 153 g/mol. The van der Waals surface area contributed by atoms with Crippen LogP contribution in [0.25, 0.3) is 0 Å². The maximum Gasteiger partial charge on any atom is 0.148 e. The van der Waals surface area contributed by atoms with Gasteiger partial charge in [0.15, 0.2) is 0 Å². The minimum Gasteiger partial charge on any atom is -0.460 e. The molecule has 0 saturated heterocycles. The first-order valence-corrected chi connectivity index (χ1v) is 3.54. The van der Waals surface area contributed by atoms with Gasteiger partial charge in [-0.05, 0) is 25.0 Å². The molecule has 0 bridgehead atoms. The molecule has 0 saturated carbocycles. The first-order chi connectivity index (χ1) is 5.27. The summed E-state index contributed by atoms with van der Waals surface area (Å²) < 4.78 is 5.24. The molecule has 0 atom stereocenters. The zero-order chi connectivity index (χ0) is 8.27. The number of hydrogen-bond donors (Lipinski definition) is 1. The largest absolute Gasteiger partial charge is 0.460 e. The lowest BCUT2D eigenvalue weighted by Crippen LogP contribution is -1.75. The Balaban J connectivity index is 2.95. The minimum absolute atomic E-state index is 0.599. The number of aryl methyl sites for hydroxylation is 2. The molecule has 1 aromatic rings. The fourth-order valence-corrected chi connectivity index (χ4v) is 1.02. The molecule has 0 amide bonds. The van der Waals surface area contributed by atoms with Crippen LogP contribution in [0.1, 0.15) is 24.0 Å². The predicted molar refractivity (Wildman–Crippen MR) is 42.2 cm³/mol. The second-order valence-corrected chi connectivity index (χ2v) is 2.33. The summed E-state index contributed by atoms with van der Waals surface area (Å²) >= 11 is 0. The molecule has 0 fully saturated rings. The Labute approximate surface area is 65.3 Å². The summed E-state index contributed by atoms with van der Waals surface area (Å²) in [6.07, 6.45) is 2.22. The van der Waals surface area contributed by atoms with Gasteiger partial charge in [0.25, 0.3) is 0 Å². The second-order valence-electron chi connectivity index (χ2n) is 2.33. The van der Waals surface area contributed by atoms with Crippen molar-refractivity contribution < 1.29 is 9.62 Å². The van der Waals surface area contributed by atoms with E-state index in [-0.39, 0.29) is 0 Å². The molecule has 0 spiro atoms. The lowest BCUT2D eigenvalue weighted by atomic mass is 10.2. The maximum absolute atomic E-state index is 8.20. The summed E-state index contributed by atoms with van der Waals surface area (Å²) in [7, 11) is 0. The van der Waals surface area contributed by atoms with E-state index in [1.807, 2.05) is 13.0 Å². The lowest BCUT2D eigenvalue weighted by molar-refractivity contribution is 0.320. The van der Waals surface area contributed by atoms with E-state index in [1.54, 1.807) is 0 Å². The zero-order valence-corrected chi connectivity index (χ0v) is 6.66. The predicted octanol–water partition coefficient (Wildman–Crippen LogP) is 1.96. The highest BCUT2D eigenvalue weighted by atomic mass is 16.4. The van der Waals surface area contributed by atoms with E-state index in [0.29, 0.717) is 5.76 Å². The van der Waals surface area contributed by atoms with Crippen molar-refractivity contribution in [2.24, 2.45) is 5.16 Å². The molecule has 1 rings (SSSR count). The van der Waals surface area contributed by atoms with Crippen LogP contribution >= 0.6 is 0 Å². The Morgan fingerprint density at radius 1 is 1.73 bits per heavy atom. The third-order valence-corrected chi connectivity index (χ3v) is 1.61. The van der Waals surface area contributed by atoms with Crippen molar-refractivity contribution in [2.75, 3.05) is 0 Å². The molecule has 0 radical (unpaired) electrons. The number of hydrogen-bond acceptors (Lipinski definition) is 3. The lowest BCUT2D eigenvalue weighted by Gasteiger charge is -1.86. The van der Waals surface area contributed by atoms with Gasteiger partial charge in [-0.3, -0.25) is 0 Å². The number of furan rings is 1. The van der Waals surface area contributed by atoms with E-state index < -0.39 is 0 Å². The molecule has 1 aromatic heterocycles. The van der Waals surface area contributed by atoms with Gasteiger partial charge in [0.2, 0.25) is 0 Å². The Bertz CT molecular complexity index is 263. The van der Waals surface area contributed by atoms with Crippen LogP contribution in [0.3, 0.4) is 0 Å². The van der Waals surface area contributed by atoms with Crippen LogP contribution in [0, 0.1) is 6.92 Å². The molecule has 0 aromatic carbocycles. The van der Waals surface area contributed by atoms with Gasteiger partial charge in [-0.2, -0.15) is 0 Å². The molecule has 0 aliphatic heterocycles. The van der Waals surface area contributed by atoms with E-state index in [4.69, 9.17) is 9.62 Å². The van der Waals surface area contributed by atoms with Crippen molar-refractivity contribution >= 4 is 6.21 Å². The Hall–Kier alpha value is -1.25. The summed E-state index contributed by atoms with van der Waals surface area (Å²) in [5.74, 6) is 1.49. The first kappa shape index (κ1) is 7.85. The Morgan fingerprint density at radius 3 is 2.91 bits per heavy atom. The van der Waals surface area contributed by atoms with Crippen molar-refractivity contribution in [1.29, 1.82) is 0 Å². The van der Waals surface area contributed by atoms with Gasteiger partial charge in [-0.25, -0.2) is 0 Å². The molecule has 3 heteroatoms. The van der Waals surface area contributed by atoms with Gasteiger partial charge in [-0.1, -0.05) is 12.1 Å². The van der Waals surface area contributed by atoms with E-state index in [2.05, 4.69) is 12.1 Å². The highest BCUT2D eigenvalue weighted by molar-refractivity contribution is 5.75. The number of nitrogens with zero attached hydrogens (tertiary/aromatic N) is 1. The van der Waals surface area contributed by atoms with Crippen molar-refractivity contribution in [1.82, 2.24) is 0 Å². The van der Waals surface area contributed by atoms with Crippen molar-refractivity contribution in [3.8, 4) is 0 Å². The molecule has 60 valence electrons. The van der Waals surface area contributed by atoms with Crippen LogP contribution in [-0.2, 0) is 6.42 Å². The fraction of sp³-hybridized carbons (Fsp3) is 0.375. The fourth-order valence-electron chi connectivity index (χ4n) is 1.02.